The van der Waals surface area contributed by atoms with Crippen molar-refractivity contribution in [1.29, 1.82) is 0 Å². The third-order valence-corrected chi connectivity index (χ3v) is 4.57. The normalized spacial score (nSPS) is 20.6. The van der Waals surface area contributed by atoms with Crippen LogP contribution in [0.5, 0.6) is 0 Å². The molecule has 0 aromatic heterocycles. The first-order chi connectivity index (χ1) is 9.43. The van der Waals surface area contributed by atoms with Crippen LogP contribution >= 0.6 is 0 Å². The molecule has 1 aliphatic rings. The average molecular weight is 278 g/mol. The summed E-state index contributed by atoms with van der Waals surface area (Å²) in [6.45, 7) is 8.90. The predicted octanol–water partition coefficient (Wildman–Crippen LogP) is 4.12. The fraction of sp³-hybridized carbons (Fsp3) is 0.647. The largest absolute Gasteiger partial charge is 0.371 e. The fourth-order valence-corrected chi connectivity index (χ4v) is 2.98. The number of anilines is 1. The van der Waals surface area contributed by atoms with E-state index in [1.54, 1.807) is 12.1 Å². The smallest absolute Gasteiger partial charge is 0.123 e. The third-order valence-electron chi connectivity index (χ3n) is 4.57. The molecule has 1 aliphatic heterocycles. The van der Waals surface area contributed by atoms with Crippen molar-refractivity contribution < 1.29 is 4.39 Å². The molecule has 0 radical (unpaired) electrons. The molecule has 0 spiro atoms. The van der Waals surface area contributed by atoms with Gasteiger partial charge < -0.3 is 10.2 Å². The summed E-state index contributed by atoms with van der Waals surface area (Å²) in [6, 6.07) is 5.36. The Morgan fingerprint density at radius 2 is 2.00 bits per heavy atom. The van der Waals surface area contributed by atoms with Gasteiger partial charge in [0.15, 0.2) is 0 Å². The molecule has 1 fully saturated rings. The second kappa shape index (κ2) is 6.13. The van der Waals surface area contributed by atoms with E-state index in [9.17, 15) is 4.39 Å². The summed E-state index contributed by atoms with van der Waals surface area (Å²) in [5.41, 5.74) is 2.67. The lowest BCUT2D eigenvalue weighted by atomic mass is 9.85. The second-order valence-corrected chi connectivity index (χ2v) is 6.72. The number of nitrogens with zero attached hydrogens (tertiary/aromatic N) is 1. The van der Waals surface area contributed by atoms with Crippen molar-refractivity contribution in [1.82, 2.24) is 5.32 Å². The quantitative estimate of drug-likeness (QED) is 0.894. The Bertz CT molecular complexity index is 456. The van der Waals surface area contributed by atoms with E-state index in [-0.39, 0.29) is 11.9 Å². The molecule has 1 unspecified atom stereocenters. The minimum absolute atomic E-state index is 0.152. The van der Waals surface area contributed by atoms with Gasteiger partial charge in [0.2, 0.25) is 0 Å². The lowest BCUT2D eigenvalue weighted by Crippen LogP contribution is -2.27. The molecule has 0 aliphatic carbocycles. The molecular formula is C17H27FN2. The molecule has 112 valence electrons. The predicted molar refractivity (Wildman–Crippen MR) is 83.7 cm³/mol. The molecule has 3 heteroatoms. The van der Waals surface area contributed by atoms with Crippen molar-refractivity contribution in [2.75, 3.05) is 25.0 Å². The van der Waals surface area contributed by atoms with Gasteiger partial charge in [-0.25, -0.2) is 4.39 Å². The van der Waals surface area contributed by atoms with Crippen LogP contribution in [0.25, 0.3) is 0 Å². The van der Waals surface area contributed by atoms with Crippen molar-refractivity contribution in [3.8, 4) is 0 Å². The van der Waals surface area contributed by atoms with E-state index in [0.29, 0.717) is 5.41 Å². The molecule has 0 saturated carbocycles. The van der Waals surface area contributed by atoms with Gasteiger partial charge in [-0.2, -0.15) is 0 Å². The Morgan fingerprint density at radius 1 is 1.25 bits per heavy atom. The average Bonchev–Trinajstić information content (AvgIpc) is 2.59. The molecule has 1 atom stereocenters. The number of benzene rings is 1. The van der Waals surface area contributed by atoms with E-state index < -0.39 is 0 Å². The second-order valence-electron chi connectivity index (χ2n) is 6.72. The first-order valence-corrected chi connectivity index (χ1v) is 7.64. The summed E-state index contributed by atoms with van der Waals surface area (Å²) < 4.78 is 13.6. The molecule has 2 rings (SSSR count). The van der Waals surface area contributed by atoms with Crippen molar-refractivity contribution in [3.05, 3.63) is 29.6 Å². The van der Waals surface area contributed by atoms with Gasteiger partial charge >= 0.3 is 0 Å². The minimum Gasteiger partial charge on any atom is -0.371 e. The number of nitrogens with one attached hydrogen (secondary N) is 1. The maximum atomic E-state index is 13.6. The molecule has 0 amide bonds. The molecule has 20 heavy (non-hydrogen) atoms. The molecule has 2 nitrogen and oxygen atoms in total. The summed E-state index contributed by atoms with van der Waals surface area (Å²) in [5, 5.41) is 3.23. The fourth-order valence-electron chi connectivity index (χ4n) is 2.98. The van der Waals surface area contributed by atoms with Crippen LogP contribution in [0.15, 0.2) is 18.2 Å². The lowest BCUT2D eigenvalue weighted by Gasteiger charge is -2.28. The highest BCUT2D eigenvalue weighted by Crippen LogP contribution is 2.34. The van der Waals surface area contributed by atoms with Gasteiger partial charge in [0, 0.05) is 24.8 Å². The van der Waals surface area contributed by atoms with Crippen LogP contribution in [0.4, 0.5) is 10.1 Å². The van der Waals surface area contributed by atoms with E-state index in [1.807, 2.05) is 13.1 Å². The molecular weight excluding hydrogens is 251 g/mol. The van der Waals surface area contributed by atoms with Crippen LogP contribution in [0.1, 0.15) is 51.6 Å². The summed E-state index contributed by atoms with van der Waals surface area (Å²) in [5.74, 6) is -0.152. The van der Waals surface area contributed by atoms with Crippen LogP contribution in [0, 0.1) is 11.2 Å². The van der Waals surface area contributed by atoms with Crippen LogP contribution in [-0.4, -0.2) is 20.1 Å². The van der Waals surface area contributed by atoms with E-state index in [1.165, 1.54) is 24.9 Å². The highest BCUT2D eigenvalue weighted by atomic mass is 19.1. The Morgan fingerprint density at radius 3 is 2.70 bits per heavy atom. The first kappa shape index (κ1) is 15.3. The molecule has 1 aromatic carbocycles. The Hall–Kier alpha value is -1.09. The third kappa shape index (κ3) is 3.51. The van der Waals surface area contributed by atoms with Gasteiger partial charge in [-0.05, 0) is 62.4 Å². The first-order valence-electron chi connectivity index (χ1n) is 7.64. The van der Waals surface area contributed by atoms with Gasteiger partial charge in [-0.3, -0.25) is 0 Å². The maximum Gasteiger partial charge on any atom is 0.123 e. The summed E-state index contributed by atoms with van der Waals surface area (Å²) in [7, 11) is 1.92. The number of hydrogen-bond acceptors (Lipinski definition) is 2. The molecule has 1 N–H and O–H groups in total. The molecule has 1 heterocycles. The van der Waals surface area contributed by atoms with Crippen LogP contribution in [0.3, 0.4) is 0 Å². The Balaban J connectivity index is 2.27. The van der Waals surface area contributed by atoms with E-state index in [4.69, 9.17) is 0 Å². The molecule has 1 saturated heterocycles. The van der Waals surface area contributed by atoms with Crippen LogP contribution in [0.2, 0.25) is 0 Å². The summed E-state index contributed by atoms with van der Waals surface area (Å²) in [4.78, 5) is 2.43. The van der Waals surface area contributed by atoms with Crippen molar-refractivity contribution in [2.24, 2.45) is 5.41 Å². The SMILES string of the molecule is CNC(C)c1cc(F)ccc1N1CCCC(C)(C)CC1. The van der Waals surface area contributed by atoms with Crippen LogP contribution < -0.4 is 10.2 Å². The molecule has 1 aromatic rings. The van der Waals surface area contributed by atoms with Crippen molar-refractivity contribution >= 4 is 5.69 Å². The number of rotatable bonds is 3. The zero-order valence-corrected chi connectivity index (χ0v) is 13.2. The van der Waals surface area contributed by atoms with Gasteiger partial charge in [0.25, 0.3) is 0 Å². The zero-order chi connectivity index (χ0) is 14.8. The van der Waals surface area contributed by atoms with Gasteiger partial charge in [-0.15, -0.1) is 0 Å². The van der Waals surface area contributed by atoms with Crippen LogP contribution in [-0.2, 0) is 0 Å². The van der Waals surface area contributed by atoms with E-state index in [2.05, 4.69) is 31.0 Å². The Kier molecular flexibility index (Phi) is 4.69. The maximum absolute atomic E-state index is 13.6. The van der Waals surface area contributed by atoms with Gasteiger partial charge in [0.1, 0.15) is 5.82 Å². The van der Waals surface area contributed by atoms with Crippen molar-refractivity contribution in [2.45, 2.75) is 46.1 Å². The highest BCUT2D eigenvalue weighted by molar-refractivity contribution is 5.55. The summed E-state index contributed by atoms with van der Waals surface area (Å²) in [6.07, 6.45) is 3.66. The zero-order valence-electron chi connectivity index (χ0n) is 13.2. The van der Waals surface area contributed by atoms with Gasteiger partial charge in [0.05, 0.1) is 0 Å². The van der Waals surface area contributed by atoms with Crippen molar-refractivity contribution in [3.63, 3.8) is 0 Å². The monoisotopic (exact) mass is 278 g/mol. The minimum atomic E-state index is -0.152. The Labute approximate surface area is 122 Å². The topological polar surface area (TPSA) is 15.3 Å². The standard InChI is InChI=1S/C17H27FN2/c1-13(19-4)15-12-14(18)6-7-16(15)20-10-5-8-17(2,3)9-11-20/h6-7,12-13,19H,5,8-11H2,1-4H3. The van der Waals surface area contributed by atoms with E-state index >= 15 is 0 Å². The van der Waals surface area contributed by atoms with E-state index in [0.717, 1.165) is 18.7 Å². The molecule has 0 bridgehead atoms. The van der Waals surface area contributed by atoms with Gasteiger partial charge in [-0.1, -0.05) is 13.8 Å². The lowest BCUT2D eigenvalue weighted by molar-refractivity contribution is 0.325. The summed E-state index contributed by atoms with van der Waals surface area (Å²) >= 11 is 0. The highest BCUT2D eigenvalue weighted by Gasteiger charge is 2.24. The number of halogens is 1. The number of hydrogen-bond donors (Lipinski definition) is 1.